The molecule has 0 radical (unpaired) electrons. The highest BCUT2D eigenvalue weighted by atomic mass is 16.2. The zero-order valence-electron chi connectivity index (χ0n) is 14.1. The van der Waals surface area contributed by atoms with Crippen LogP contribution < -0.4 is 16.2 Å². The van der Waals surface area contributed by atoms with Crippen LogP contribution in [0, 0.1) is 6.92 Å². The molecule has 5 heteroatoms. The number of aryl methyl sites for hydroxylation is 2. The summed E-state index contributed by atoms with van der Waals surface area (Å²) in [4.78, 5) is 24.0. The van der Waals surface area contributed by atoms with Crippen LogP contribution in [-0.2, 0) is 7.05 Å². The van der Waals surface area contributed by atoms with Crippen molar-refractivity contribution in [3.8, 4) is 0 Å². The van der Waals surface area contributed by atoms with Crippen LogP contribution in [0.2, 0.25) is 0 Å². The molecule has 1 aromatic heterocycles. The minimum absolute atomic E-state index is 0.1000. The molecule has 2 N–H and O–H groups in total. The van der Waals surface area contributed by atoms with Gasteiger partial charge in [-0.3, -0.25) is 4.79 Å². The maximum atomic E-state index is 12.4. The van der Waals surface area contributed by atoms with Crippen LogP contribution in [0.4, 0.5) is 10.5 Å². The van der Waals surface area contributed by atoms with Gasteiger partial charge in [0.05, 0.1) is 11.7 Å². The van der Waals surface area contributed by atoms with Crippen molar-refractivity contribution < 1.29 is 4.79 Å². The fraction of sp³-hybridized carbons (Fsp3) is 0.263. The van der Waals surface area contributed by atoms with Gasteiger partial charge in [-0.25, -0.2) is 4.79 Å². The lowest BCUT2D eigenvalue weighted by Gasteiger charge is -2.19. The number of urea groups is 1. The fourth-order valence-corrected chi connectivity index (χ4v) is 2.46. The normalized spacial score (nSPS) is 11.6. The summed E-state index contributed by atoms with van der Waals surface area (Å²) in [6.07, 6.45) is 5.04. The Morgan fingerprint density at radius 3 is 2.71 bits per heavy atom. The molecule has 1 heterocycles. The summed E-state index contributed by atoms with van der Waals surface area (Å²) in [6.45, 7) is 5.54. The van der Waals surface area contributed by atoms with Crippen LogP contribution in [-0.4, -0.2) is 10.6 Å². The number of amides is 2. The monoisotopic (exact) mass is 325 g/mol. The number of hydrogen-bond acceptors (Lipinski definition) is 2. The Hall–Kier alpha value is -2.82. The number of nitrogens with zero attached hydrogens (tertiary/aromatic N) is 1. The molecule has 0 fully saturated rings. The maximum Gasteiger partial charge on any atom is 0.319 e. The number of allylic oxidation sites excluding steroid dienone is 1. The van der Waals surface area contributed by atoms with Crippen LogP contribution in [0.15, 0.2) is 60.0 Å². The fourth-order valence-electron chi connectivity index (χ4n) is 2.46. The highest BCUT2D eigenvalue weighted by Crippen LogP contribution is 2.19. The summed E-state index contributed by atoms with van der Waals surface area (Å²) in [5.74, 6) is 0. The number of nitrogens with one attached hydrogen (secondary N) is 2. The van der Waals surface area contributed by atoms with E-state index in [-0.39, 0.29) is 17.6 Å². The summed E-state index contributed by atoms with van der Waals surface area (Å²) in [6, 6.07) is 10.9. The first kappa shape index (κ1) is 17.5. The molecule has 0 spiro atoms. The van der Waals surface area contributed by atoms with Gasteiger partial charge >= 0.3 is 6.03 Å². The largest absolute Gasteiger partial charge is 0.331 e. The van der Waals surface area contributed by atoms with Crippen molar-refractivity contribution in [2.45, 2.75) is 25.8 Å². The first-order chi connectivity index (χ1) is 11.5. The molecule has 2 rings (SSSR count). The van der Waals surface area contributed by atoms with Crippen LogP contribution in [0.25, 0.3) is 0 Å². The number of aromatic nitrogens is 1. The summed E-state index contributed by atoms with van der Waals surface area (Å²) in [7, 11) is 1.65. The highest BCUT2D eigenvalue weighted by Gasteiger charge is 2.14. The van der Waals surface area contributed by atoms with E-state index in [0.717, 1.165) is 24.0 Å². The van der Waals surface area contributed by atoms with Crippen molar-refractivity contribution in [1.29, 1.82) is 0 Å². The minimum Gasteiger partial charge on any atom is -0.331 e. The van der Waals surface area contributed by atoms with Crippen LogP contribution in [0.3, 0.4) is 0 Å². The van der Waals surface area contributed by atoms with E-state index in [4.69, 9.17) is 0 Å². The summed E-state index contributed by atoms with van der Waals surface area (Å²) < 4.78 is 1.44. The lowest BCUT2D eigenvalue weighted by Crippen LogP contribution is -2.33. The average Bonchev–Trinajstić information content (AvgIpc) is 2.57. The number of anilines is 1. The van der Waals surface area contributed by atoms with Gasteiger partial charge in [0, 0.05) is 19.3 Å². The Bertz CT molecular complexity index is 766. The maximum absolute atomic E-state index is 12.4. The van der Waals surface area contributed by atoms with Gasteiger partial charge in [0.15, 0.2) is 0 Å². The molecule has 0 saturated carbocycles. The second kappa shape index (κ2) is 8.15. The molecule has 126 valence electrons. The quantitative estimate of drug-likeness (QED) is 0.798. The van der Waals surface area contributed by atoms with Crippen LogP contribution >= 0.6 is 0 Å². The van der Waals surface area contributed by atoms with Crippen LogP contribution in [0.1, 0.15) is 30.0 Å². The molecule has 0 aliphatic rings. The number of carbonyl (C=O) groups is 1. The number of benzene rings is 1. The van der Waals surface area contributed by atoms with Gasteiger partial charge in [-0.15, -0.1) is 6.58 Å². The molecule has 24 heavy (non-hydrogen) atoms. The van der Waals surface area contributed by atoms with Gasteiger partial charge in [0.1, 0.15) is 0 Å². The number of hydrogen-bond donors (Lipinski definition) is 2. The molecule has 1 atom stereocenters. The second-order valence-electron chi connectivity index (χ2n) is 5.75. The summed E-state index contributed by atoms with van der Waals surface area (Å²) in [5.41, 5.74) is 2.29. The Morgan fingerprint density at radius 1 is 1.33 bits per heavy atom. The van der Waals surface area contributed by atoms with Gasteiger partial charge in [0.2, 0.25) is 0 Å². The molecule has 0 saturated heterocycles. The standard InChI is InChI=1S/C19H23N3O2/c1-4-5-11-16(15-9-7-6-8-10-15)20-19(24)21-17-13-22(3)18(23)12-14(17)2/h4,6-10,12-13,16H,1,5,11H2,2-3H3,(H2,20,21,24)/t16-/m1/s1. The third-order valence-electron chi connectivity index (χ3n) is 3.85. The number of pyridine rings is 1. The van der Waals surface area contributed by atoms with E-state index in [9.17, 15) is 9.59 Å². The molecule has 5 nitrogen and oxygen atoms in total. The minimum atomic E-state index is -0.297. The van der Waals surface area contributed by atoms with Crippen molar-refractivity contribution in [3.05, 3.63) is 76.7 Å². The highest BCUT2D eigenvalue weighted by molar-refractivity contribution is 5.90. The second-order valence-corrected chi connectivity index (χ2v) is 5.75. The van der Waals surface area contributed by atoms with E-state index in [0.29, 0.717) is 5.69 Å². The Kier molecular flexibility index (Phi) is 5.95. The SMILES string of the molecule is C=CCC[C@@H](NC(=O)Nc1cn(C)c(=O)cc1C)c1ccccc1. The number of rotatable bonds is 6. The number of carbonyl (C=O) groups excluding carboxylic acids is 1. The van der Waals surface area contributed by atoms with E-state index in [2.05, 4.69) is 17.2 Å². The predicted molar refractivity (Wildman–Crippen MR) is 97.2 cm³/mol. The van der Waals surface area contributed by atoms with Gasteiger partial charge in [0.25, 0.3) is 5.56 Å². The molecular weight excluding hydrogens is 302 g/mol. The molecular formula is C19H23N3O2. The topological polar surface area (TPSA) is 63.1 Å². The third kappa shape index (κ3) is 4.59. The van der Waals surface area contributed by atoms with Crippen molar-refractivity contribution in [2.24, 2.45) is 7.05 Å². The Labute approximate surface area is 142 Å². The summed E-state index contributed by atoms with van der Waals surface area (Å²) >= 11 is 0. The van der Waals surface area contributed by atoms with Gasteiger partial charge in [-0.05, 0) is 30.9 Å². The van der Waals surface area contributed by atoms with Gasteiger partial charge in [-0.2, -0.15) is 0 Å². The van der Waals surface area contributed by atoms with Crippen molar-refractivity contribution in [2.75, 3.05) is 5.32 Å². The lowest BCUT2D eigenvalue weighted by atomic mass is 10.0. The zero-order valence-corrected chi connectivity index (χ0v) is 14.1. The third-order valence-corrected chi connectivity index (χ3v) is 3.85. The summed E-state index contributed by atoms with van der Waals surface area (Å²) in [5, 5.41) is 5.81. The van der Waals surface area contributed by atoms with Crippen molar-refractivity contribution in [1.82, 2.24) is 9.88 Å². The molecule has 0 aliphatic carbocycles. The van der Waals surface area contributed by atoms with Crippen LogP contribution in [0.5, 0.6) is 0 Å². The van der Waals surface area contributed by atoms with E-state index >= 15 is 0 Å². The average molecular weight is 325 g/mol. The molecule has 2 amide bonds. The molecule has 0 unspecified atom stereocenters. The van der Waals surface area contributed by atoms with E-state index in [1.807, 2.05) is 36.4 Å². The molecule has 0 aliphatic heterocycles. The predicted octanol–water partition coefficient (Wildman–Crippen LogP) is 3.52. The van der Waals surface area contributed by atoms with E-state index in [1.54, 1.807) is 20.2 Å². The smallest absolute Gasteiger partial charge is 0.319 e. The molecule has 0 bridgehead atoms. The van der Waals surface area contributed by atoms with E-state index in [1.165, 1.54) is 10.6 Å². The first-order valence-electron chi connectivity index (χ1n) is 7.92. The first-order valence-corrected chi connectivity index (χ1v) is 7.92. The van der Waals surface area contributed by atoms with Crippen molar-refractivity contribution in [3.63, 3.8) is 0 Å². The lowest BCUT2D eigenvalue weighted by molar-refractivity contribution is 0.248. The van der Waals surface area contributed by atoms with Gasteiger partial charge < -0.3 is 15.2 Å². The zero-order chi connectivity index (χ0) is 17.5. The Balaban J connectivity index is 2.12. The van der Waals surface area contributed by atoms with Gasteiger partial charge in [-0.1, -0.05) is 36.4 Å². The van der Waals surface area contributed by atoms with Crippen molar-refractivity contribution >= 4 is 11.7 Å². The molecule has 1 aromatic carbocycles. The molecule has 2 aromatic rings. The van der Waals surface area contributed by atoms with E-state index < -0.39 is 0 Å². The Morgan fingerprint density at radius 2 is 2.04 bits per heavy atom.